The van der Waals surface area contributed by atoms with Gasteiger partial charge in [0.05, 0.1) is 26.9 Å². The molecule has 0 spiro atoms. The molecule has 0 aliphatic rings. The first-order valence-electron chi connectivity index (χ1n) is 6.39. The molecule has 0 amide bonds. The molecule has 0 aliphatic carbocycles. The summed E-state index contributed by atoms with van der Waals surface area (Å²) in [5, 5.41) is 11.2. The molecule has 0 aliphatic heterocycles. The van der Waals surface area contributed by atoms with Gasteiger partial charge in [0.2, 0.25) is 5.75 Å². The Kier molecular flexibility index (Phi) is 5.06. The smallest absolute Gasteiger partial charge is 0.337 e. The summed E-state index contributed by atoms with van der Waals surface area (Å²) < 4.78 is 15.8. The molecule has 116 valence electrons. The van der Waals surface area contributed by atoms with Gasteiger partial charge in [-0.15, -0.1) is 11.3 Å². The van der Waals surface area contributed by atoms with E-state index in [4.69, 9.17) is 14.2 Å². The van der Waals surface area contributed by atoms with Crippen molar-refractivity contribution >= 4 is 29.0 Å². The van der Waals surface area contributed by atoms with Gasteiger partial charge in [0, 0.05) is 4.88 Å². The Morgan fingerprint density at radius 3 is 2.18 bits per heavy atom. The monoisotopic (exact) mass is 320 g/mol. The van der Waals surface area contributed by atoms with E-state index in [2.05, 4.69) is 0 Å². The number of ether oxygens (including phenoxy) is 3. The van der Waals surface area contributed by atoms with Crippen molar-refractivity contribution in [2.75, 3.05) is 21.3 Å². The summed E-state index contributed by atoms with van der Waals surface area (Å²) in [7, 11) is 4.55. The standard InChI is InChI=1S/C16H16O5S/c1-19-12-8-10(9-13(20-2)15(12)21-3)7-11(16(17)18)14-5-4-6-22-14/h4-9H,1-3H3,(H,17,18)/b11-7-. The fourth-order valence-electron chi connectivity index (χ4n) is 2.02. The molecule has 0 unspecified atom stereocenters. The van der Waals surface area contributed by atoms with E-state index in [0.29, 0.717) is 27.7 Å². The number of hydrogen-bond acceptors (Lipinski definition) is 5. The van der Waals surface area contributed by atoms with Crippen LogP contribution in [0.5, 0.6) is 17.2 Å². The van der Waals surface area contributed by atoms with Crippen molar-refractivity contribution in [2.24, 2.45) is 0 Å². The Morgan fingerprint density at radius 2 is 1.77 bits per heavy atom. The van der Waals surface area contributed by atoms with Gasteiger partial charge in [-0.3, -0.25) is 0 Å². The minimum Gasteiger partial charge on any atom is -0.493 e. The van der Waals surface area contributed by atoms with Crippen molar-refractivity contribution < 1.29 is 24.1 Å². The van der Waals surface area contributed by atoms with Crippen LogP contribution in [0.1, 0.15) is 10.4 Å². The minimum absolute atomic E-state index is 0.212. The van der Waals surface area contributed by atoms with Crippen LogP contribution < -0.4 is 14.2 Å². The molecule has 0 bridgehead atoms. The lowest BCUT2D eigenvalue weighted by Gasteiger charge is -2.13. The summed E-state index contributed by atoms with van der Waals surface area (Å²) in [5.41, 5.74) is 0.865. The van der Waals surface area contributed by atoms with Crippen LogP contribution in [0, 0.1) is 0 Å². The molecule has 1 N–H and O–H groups in total. The van der Waals surface area contributed by atoms with E-state index in [1.165, 1.54) is 32.7 Å². The minimum atomic E-state index is -0.990. The van der Waals surface area contributed by atoms with E-state index in [1.807, 2.05) is 11.4 Å². The molecule has 1 aromatic carbocycles. The highest BCUT2D eigenvalue weighted by Gasteiger charge is 2.15. The van der Waals surface area contributed by atoms with Gasteiger partial charge in [-0.05, 0) is 35.2 Å². The third-order valence-corrected chi connectivity index (χ3v) is 3.92. The molecule has 0 saturated carbocycles. The number of carboxylic acids is 1. The number of carbonyl (C=O) groups is 1. The van der Waals surface area contributed by atoms with Crippen LogP contribution in [0.3, 0.4) is 0 Å². The predicted octanol–water partition coefficient (Wildman–Crippen LogP) is 3.40. The predicted molar refractivity (Wildman–Crippen MR) is 85.9 cm³/mol. The second-order valence-electron chi connectivity index (χ2n) is 4.30. The number of aliphatic carboxylic acids is 1. The molecular weight excluding hydrogens is 304 g/mol. The Morgan fingerprint density at radius 1 is 1.14 bits per heavy atom. The zero-order valence-electron chi connectivity index (χ0n) is 12.5. The first-order valence-corrected chi connectivity index (χ1v) is 7.27. The van der Waals surface area contributed by atoms with Gasteiger partial charge < -0.3 is 19.3 Å². The van der Waals surface area contributed by atoms with Gasteiger partial charge in [0.25, 0.3) is 0 Å². The number of rotatable bonds is 6. The molecule has 22 heavy (non-hydrogen) atoms. The Balaban J connectivity index is 2.56. The van der Waals surface area contributed by atoms with Crippen LogP contribution in [0.25, 0.3) is 11.6 Å². The van der Waals surface area contributed by atoms with Crippen LogP contribution >= 0.6 is 11.3 Å². The number of thiophene rings is 1. The van der Waals surface area contributed by atoms with E-state index < -0.39 is 5.97 Å². The van der Waals surface area contributed by atoms with Crippen LogP contribution in [0.4, 0.5) is 0 Å². The summed E-state index contributed by atoms with van der Waals surface area (Å²) >= 11 is 1.37. The molecular formula is C16H16O5S. The average molecular weight is 320 g/mol. The number of hydrogen-bond donors (Lipinski definition) is 1. The molecule has 1 aromatic heterocycles. The zero-order chi connectivity index (χ0) is 16.1. The summed E-state index contributed by atoms with van der Waals surface area (Å²) in [5.74, 6) is 0.430. The quantitative estimate of drug-likeness (QED) is 0.826. The van der Waals surface area contributed by atoms with Crippen LogP contribution in [-0.4, -0.2) is 32.4 Å². The molecule has 1 heterocycles. The largest absolute Gasteiger partial charge is 0.493 e. The maximum atomic E-state index is 11.5. The number of carboxylic acid groups (broad SMARTS) is 1. The third kappa shape index (κ3) is 3.23. The highest BCUT2D eigenvalue weighted by molar-refractivity contribution is 7.11. The first-order chi connectivity index (χ1) is 10.6. The zero-order valence-corrected chi connectivity index (χ0v) is 13.3. The Bertz CT molecular complexity index is 664. The van der Waals surface area contributed by atoms with Crippen molar-refractivity contribution in [2.45, 2.75) is 0 Å². The maximum Gasteiger partial charge on any atom is 0.337 e. The number of methoxy groups -OCH3 is 3. The fourth-order valence-corrected chi connectivity index (χ4v) is 2.76. The van der Waals surface area contributed by atoms with Crippen molar-refractivity contribution in [1.82, 2.24) is 0 Å². The van der Waals surface area contributed by atoms with E-state index in [9.17, 15) is 9.90 Å². The van der Waals surface area contributed by atoms with Gasteiger partial charge in [-0.25, -0.2) is 4.79 Å². The van der Waals surface area contributed by atoms with E-state index in [-0.39, 0.29) is 5.57 Å². The van der Waals surface area contributed by atoms with Gasteiger partial charge in [-0.2, -0.15) is 0 Å². The van der Waals surface area contributed by atoms with Crippen molar-refractivity contribution in [3.8, 4) is 17.2 Å². The SMILES string of the molecule is COc1cc(/C=C(\C(=O)O)c2cccs2)cc(OC)c1OC. The lowest BCUT2D eigenvalue weighted by atomic mass is 10.1. The van der Waals surface area contributed by atoms with E-state index in [0.717, 1.165) is 0 Å². The van der Waals surface area contributed by atoms with Gasteiger partial charge >= 0.3 is 5.97 Å². The highest BCUT2D eigenvalue weighted by Crippen LogP contribution is 2.39. The first kappa shape index (κ1) is 15.9. The molecule has 0 radical (unpaired) electrons. The second-order valence-corrected chi connectivity index (χ2v) is 5.25. The lowest BCUT2D eigenvalue weighted by molar-refractivity contribution is -0.130. The molecule has 2 aromatic rings. The molecule has 0 saturated heterocycles. The van der Waals surface area contributed by atoms with E-state index >= 15 is 0 Å². The van der Waals surface area contributed by atoms with Crippen LogP contribution in [0.15, 0.2) is 29.6 Å². The molecule has 2 rings (SSSR count). The summed E-state index contributed by atoms with van der Waals surface area (Å²) in [6, 6.07) is 6.99. The van der Waals surface area contributed by atoms with Gasteiger partial charge in [-0.1, -0.05) is 6.07 Å². The second kappa shape index (κ2) is 7.00. The summed E-state index contributed by atoms with van der Waals surface area (Å²) in [6.07, 6.45) is 1.58. The van der Waals surface area contributed by atoms with Crippen LogP contribution in [0.2, 0.25) is 0 Å². The molecule has 0 atom stereocenters. The maximum absolute atomic E-state index is 11.5. The third-order valence-electron chi connectivity index (χ3n) is 3.02. The van der Waals surface area contributed by atoms with Crippen molar-refractivity contribution in [3.63, 3.8) is 0 Å². The molecule has 5 nitrogen and oxygen atoms in total. The molecule has 6 heteroatoms. The Hall–Kier alpha value is -2.47. The molecule has 0 fully saturated rings. The summed E-state index contributed by atoms with van der Waals surface area (Å²) in [6.45, 7) is 0. The van der Waals surface area contributed by atoms with Crippen LogP contribution in [-0.2, 0) is 4.79 Å². The Labute approximate surface area is 132 Å². The fraction of sp³-hybridized carbons (Fsp3) is 0.188. The van der Waals surface area contributed by atoms with Gasteiger partial charge in [0.15, 0.2) is 11.5 Å². The normalized spacial score (nSPS) is 11.1. The topological polar surface area (TPSA) is 65.0 Å². The van der Waals surface area contributed by atoms with Gasteiger partial charge in [0.1, 0.15) is 0 Å². The van der Waals surface area contributed by atoms with Crippen molar-refractivity contribution in [1.29, 1.82) is 0 Å². The van der Waals surface area contributed by atoms with E-state index in [1.54, 1.807) is 24.3 Å². The average Bonchev–Trinajstić information content (AvgIpc) is 3.05. The van der Waals surface area contributed by atoms with Crippen molar-refractivity contribution in [3.05, 3.63) is 40.1 Å². The highest BCUT2D eigenvalue weighted by atomic mass is 32.1. The number of benzene rings is 1. The lowest BCUT2D eigenvalue weighted by Crippen LogP contribution is -1.99. The summed E-state index contributed by atoms with van der Waals surface area (Å²) in [4.78, 5) is 12.2.